The van der Waals surface area contributed by atoms with Crippen molar-refractivity contribution in [2.24, 2.45) is 0 Å². The van der Waals surface area contributed by atoms with E-state index in [0.29, 0.717) is 18.1 Å². The summed E-state index contributed by atoms with van der Waals surface area (Å²) in [6.07, 6.45) is 5.62. The van der Waals surface area contributed by atoms with Gasteiger partial charge in [0.15, 0.2) is 0 Å². The van der Waals surface area contributed by atoms with Crippen LogP contribution in [0.5, 0.6) is 5.88 Å². The van der Waals surface area contributed by atoms with Crippen molar-refractivity contribution in [2.45, 2.75) is 12.8 Å². The molecule has 0 aromatic carbocycles. The number of fused-ring (bicyclic) bond motifs is 1. The fourth-order valence-corrected chi connectivity index (χ4v) is 3.33. The van der Waals surface area contributed by atoms with Gasteiger partial charge in [-0.05, 0) is 37.6 Å². The molecular weight excluding hydrogens is 356 g/mol. The number of H-pyrrole nitrogens is 1. The zero-order valence-corrected chi connectivity index (χ0v) is 15.8. The van der Waals surface area contributed by atoms with Crippen LogP contribution in [0.25, 0.3) is 11.0 Å². The summed E-state index contributed by atoms with van der Waals surface area (Å²) in [6, 6.07) is 8.84. The topological polar surface area (TPSA) is 87.2 Å². The number of pyridine rings is 2. The monoisotopic (exact) mass is 380 g/mol. The van der Waals surface area contributed by atoms with Gasteiger partial charge in [0, 0.05) is 56.1 Å². The first kappa shape index (κ1) is 18.4. The first-order chi connectivity index (χ1) is 13.8. The van der Waals surface area contributed by atoms with Gasteiger partial charge in [0.05, 0.1) is 6.61 Å². The summed E-state index contributed by atoms with van der Waals surface area (Å²) in [6.45, 7) is 5.65. The zero-order chi connectivity index (χ0) is 19.2. The molecule has 4 rings (SSSR count). The van der Waals surface area contributed by atoms with Gasteiger partial charge in [-0.1, -0.05) is 0 Å². The molecule has 0 radical (unpaired) electrons. The maximum atomic E-state index is 11.4. The molecule has 8 nitrogen and oxygen atoms in total. The molecular formula is C20H24N6O2. The Bertz CT molecular complexity index is 954. The Morgan fingerprint density at radius 3 is 2.61 bits per heavy atom. The molecule has 3 aromatic heterocycles. The highest BCUT2D eigenvalue weighted by molar-refractivity contribution is 5.74. The molecule has 1 saturated heterocycles. The molecule has 0 spiro atoms. The van der Waals surface area contributed by atoms with E-state index in [1.807, 2.05) is 18.2 Å². The Hall–Kier alpha value is -3.00. The zero-order valence-electron chi connectivity index (χ0n) is 15.8. The number of aromatic amines is 1. The molecule has 1 aliphatic heterocycles. The number of nitrogens with zero attached hydrogens (tertiary/aromatic N) is 5. The molecule has 1 fully saturated rings. The van der Waals surface area contributed by atoms with Crippen LogP contribution in [0, 0.1) is 0 Å². The number of hydrogen-bond donors (Lipinski definition) is 1. The molecule has 146 valence electrons. The molecule has 3 aromatic rings. The average Bonchev–Trinajstić information content (AvgIpc) is 2.74. The number of piperazine rings is 1. The lowest BCUT2D eigenvalue weighted by atomic mass is 10.2. The van der Waals surface area contributed by atoms with Crippen molar-refractivity contribution < 1.29 is 4.74 Å². The molecule has 28 heavy (non-hydrogen) atoms. The number of hydrogen-bond acceptors (Lipinski definition) is 7. The number of rotatable bonds is 7. The standard InChI is InChI=1S/C20H24N6O2/c27-17-6-4-16-5-7-18(24-19(16)23-17)28-15-2-1-10-25-11-13-26(14-12-25)20-21-8-3-9-22-20/h3-9H,1-2,10-15H2,(H,23,24,27). The predicted molar refractivity (Wildman–Crippen MR) is 108 cm³/mol. The van der Waals surface area contributed by atoms with Crippen molar-refractivity contribution in [3.63, 3.8) is 0 Å². The Balaban J connectivity index is 1.16. The van der Waals surface area contributed by atoms with E-state index in [-0.39, 0.29) is 5.56 Å². The third-order valence-electron chi connectivity index (χ3n) is 4.88. The first-order valence-corrected chi connectivity index (χ1v) is 9.65. The van der Waals surface area contributed by atoms with E-state index in [0.717, 1.165) is 56.9 Å². The van der Waals surface area contributed by atoms with Crippen molar-refractivity contribution in [3.8, 4) is 5.88 Å². The second-order valence-electron chi connectivity index (χ2n) is 6.84. The summed E-state index contributed by atoms with van der Waals surface area (Å²) >= 11 is 0. The lowest BCUT2D eigenvalue weighted by molar-refractivity contribution is 0.236. The molecule has 0 unspecified atom stereocenters. The van der Waals surface area contributed by atoms with Crippen LogP contribution in [0.3, 0.4) is 0 Å². The molecule has 0 aliphatic carbocycles. The van der Waals surface area contributed by atoms with Gasteiger partial charge in [-0.3, -0.25) is 9.69 Å². The largest absolute Gasteiger partial charge is 0.478 e. The summed E-state index contributed by atoms with van der Waals surface area (Å²) in [4.78, 5) is 31.8. The van der Waals surface area contributed by atoms with Crippen molar-refractivity contribution >= 4 is 17.0 Å². The fraction of sp³-hybridized carbons (Fsp3) is 0.400. The molecule has 8 heteroatoms. The summed E-state index contributed by atoms with van der Waals surface area (Å²) in [5.74, 6) is 1.37. The highest BCUT2D eigenvalue weighted by atomic mass is 16.5. The first-order valence-electron chi connectivity index (χ1n) is 9.65. The van der Waals surface area contributed by atoms with E-state index in [4.69, 9.17) is 4.74 Å². The lowest BCUT2D eigenvalue weighted by Gasteiger charge is -2.34. The second kappa shape index (κ2) is 8.79. The molecule has 4 heterocycles. The summed E-state index contributed by atoms with van der Waals surface area (Å²) in [5.41, 5.74) is 0.404. The molecule has 0 atom stereocenters. The maximum Gasteiger partial charge on any atom is 0.249 e. The van der Waals surface area contributed by atoms with Gasteiger partial charge in [0.1, 0.15) is 5.65 Å². The van der Waals surface area contributed by atoms with Crippen molar-refractivity contribution in [1.29, 1.82) is 0 Å². The summed E-state index contributed by atoms with van der Waals surface area (Å²) < 4.78 is 5.74. The van der Waals surface area contributed by atoms with Gasteiger partial charge >= 0.3 is 0 Å². The minimum absolute atomic E-state index is 0.156. The Kier molecular flexibility index (Phi) is 5.77. The van der Waals surface area contributed by atoms with Gasteiger partial charge < -0.3 is 14.6 Å². The van der Waals surface area contributed by atoms with E-state index in [9.17, 15) is 4.79 Å². The van der Waals surface area contributed by atoms with Crippen molar-refractivity contribution in [2.75, 3.05) is 44.2 Å². The van der Waals surface area contributed by atoms with Crippen molar-refractivity contribution in [3.05, 3.63) is 53.1 Å². The normalized spacial score (nSPS) is 15.1. The van der Waals surface area contributed by atoms with Crippen LogP contribution in [0.1, 0.15) is 12.8 Å². The van der Waals surface area contributed by atoms with Crippen LogP contribution in [0.15, 0.2) is 47.5 Å². The number of ether oxygens (including phenoxy) is 1. The van der Waals surface area contributed by atoms with Crippen LogP contribution in [0.2, 0.25) is 0 Å². The summed E-state index contributed by atoms with van der Waals surface area (Å²) in [7, 11) is 0. The lowest BCUT2D eigenvalue weighted by Crippen LogP contribution is -2.47. The van der Waals surface area contributed by atoms with E-state index in [1.54, 1.807) is 18.5 Å². The van der Waals surface area contributed by atoms with Gasteiger partial charge in [-0.15, -0.1) is 0 Å². The molecule has 1 aliphatic rings. The minimum Gasteiger partial charge on any atom is -0.478 e. The van der Waals surface area contributed by atoms with Crippen LogP contribution < -0.4 is 15.2 Å². The van der Waals surface area contributed by atoms with Crippen molar-refractivity contribution in [1.82, 2.24) is 24.8 Å². The molecule has 0 amide bonds. The van der Waals surface area contributed by atoms with Gasteiger partial charge in [0.25, 0.3) is 0 Å². The molecule has 0 saturated carbocycles. The smallest absolute Gasteiger partial charge is 0.249 e. The number of aromatic nitrogens is 4. The van der Waals surface area contributed by atoms with Gasteiger partial charge in [-0.25, -0.2) is 9.97 Å². The van der Waals surface area contributed by atoms with Crippen LogP contribution in [-0.4, -0.2) is 64.2 Å². The highest BCUT2D eigenvalue weighted by Crippen LogP contribution is 2.14. The molecule has 1 N–H and O–H groups in total. The van der Waals surface area contributed by atoms with Gasteiger partial charge in [-0.2, -0.15) is 4.98 Å². The van der Waals surface area contributed by atoms with Gasteiger partial charge in [0.2, 0.25) is 17.4 Å². The highest BCUT2D eigenvalue weighted by Gasteiger charge is 2.18. The van der Waals surface area contributed by atoms with E-state index in [1.165, 1.54) is 6.07 Å². The minimum atomic E-state index is -0.156. The quantitative estimate of drug-likeness (QED) is 0.624. The number of unbranched alkanes of at least 4 members (excludes halogenated alkanes) is 1. The number of nitrogens with one attached hydrogen (secondary N) is 1. The second-order valence-corrected chi connectivity index (χ2v) is 6.84. The van der Waals surface area contributed by atoms with E-state index >= 15 is 0 Å². The Morgan fingerprint density at radius 2 is 1.79 bits per heavy atom. The fourth-order valence-electron chi connectivity index (χ4n) is 3.33. The number of anilines is 1. The van der Waals surface area contributed by atoms with Crippen LogP contribution in [0.4, 0.5) is 5.95 Å². The SMILES string of the molecule is O=c1ccc2ccc(OCCCCN3CCN(c4ncccn4)CC3)nc2[nH]1. The third-order valence-corrected chi connectivity index (χ3v) is 4.88. The summed E-state index contributed by atoms with van der Waals surface area (Å²) in [5, 5.41) is 0.895. The Morgan fingerprint density at radius 1 is 1.00 bits per heavy atom. The van der Waals surface area contributed by atoms with E-state index < -0.39 is 0 Å². The Labute approximate surface area is 163 Å². The van der Waals surface area contributed by atoms with Crippen LogP contribution >= 0.6 is 0 Å². The predicted octanol–water partition coefficient (Wildman–Crippen LogP) is 1.69. The average molecular weight is 380 g/mol. The molecule has 0 bridgehead atoms. The maximum absolute atomic E-state index is 11.4. The third kappa shape index (κ3) is 4.64. The van der Waals surface area contributed by atoms with Crippen LogP contribution in [-0.2, 0) is 0 Å². The van der Waals surface area contributed by atoms with E-state index in [2.05, 4.69) is 29.7 Å².